The van der Waals surface area contributed by atoms with E-state index in [1.54, 1.807) is 0 Å². The van der Waals surface area contributed by atoms with Crippen molar-refractivity contribution in [2.45, 2.75) is 33.2 Å². The zero-order valence-corrected chi connectivity index (χ0v) is 11.6. The van der Waals surface area contributed by atoms with Gasteiger partial charge in [0.2, 0.25) is 0 Å². The van der Waals surface area contributed by atoms with E-state index in [-0.39, 0.29) is 0 Å². The van der Waals surface area contributed by atoms with Crippen LogP contribution in [0.25, 0.3) is 11.0 Å². The van der Waals surface area contributed by atoms with Crippen molar-refractivity contribution < 1.29 is 0 Å². The third kappa shape index (κ3) is 2.91. The summed E-state index contributed by atoms with van der Waals surface area (Å²) in [5, 5.41) is 3.20. The van der Waals surface area contributed by atoms with E-state index in [1.165, 1.54) is 17.8 Å². The topological polar surface area (TPSA) is 29.9 Å². The van der Waals surface area contributed by atoms with Crippen LogP contribution in [0.3, 0.4) is 0 Å². The number of imidazole rings is 1. The fourth-order valence-electron chi connectivity index (χ4n) is 2.19. The van der Waals surface area contributed by atoms with Crippen molar-refractivity contribution >= 4 is 11.0 Å². The maximum absolute atomic E-state index is 4.75. The average molecular weight is 245 g/mol. The molecule has 3 nitrogen and oxygen atoms in total. The fraction of sp³-hybridized carbons (Fsp3) is 0.533. The number of nitrogens with one attached hydrogen (secondary N) is 1. The van der Waals surface area contributed by atoms with Gasteiger partial charge < -0.3 is 9.88 Å². The molecule has 0 spiro atoms. The zero-order valence-electron chi connectivity index (χ0n) is 11.6. The molecule has 3 heteroatoms. The third-order valence-electron chi connectivity index (χ3n) is 3.26. The number of para-hydroxylation sites is 2. The molecule has 0 atom stereocenters. The number of likely N-dealkylation sites (N-methyl/N-ethyl adjacent to an activating group) is 1. The third-order valence-corrected chi connectivity index (χ3v) is 3.26. The molecule has 0 saturated carbocycles. The largest absolute Gasteiger partial charge is 0.328 e. The van der Waals surface area contributed by atoms with Crippen LogP contribution in [-0.2, 0) is 13.0 Å². The van der Waals surface area contributed by atoms with Gasteiger partial charge in [-0.3, -0.25) is 0 Å². The summed E-state index contributed by atoms with van der Waals surface area (Å²) in [6, 6.07) is 8.43. The molecular weight excluding hydrogens is 222 g/mol. The Labute approximate surface area is 109 Å². The SMILES string of the molecule is CNCCc1nc2ccccc2n1CCC(C)C. The first-order chi connectivity index (χ1) is 8.72. The normalized spacial score (nSPS) is 11.6. The minimum atomic E-state index is 0.725. The van der Waals surface area contributed by atoms with Crippen molar-refractivity contribution in [1.82, 2.24) is 14.9 Å². The Morgan fingerprint density at radius 3 is 2.78 bits per heavy atom. The van der Waals surface area contributed by atoms with E-state index in [2.05, 4.69) is 48.0 Å². The molecule has 0 radical (unpaired) electrons. The lowest BCUT2D eigenvalue weighted by atomic mass is 10.1. The first-order valence-electron chi connectivity index (χ1n) is 6.81. The second-order valence-electron chi connectivity index (χ2n) is 5.20. The number of aromatic nitrogens is 2. The van der Waals surface area contributed by atoms with Gasteiger partial charge in [0.25, 0.3) is 0 Å². The van der Waals surface area contributed by atoms with Gasteiger partial charge in [-0.05, 0) is 31.5 Å². The van der Waals surface area contributed by atoms with Crippen LogP contribution in [0.15, 0.2) is 24.3 Å². The number of hydrogen-bond donors (Lipinski definition) is 1. The summed E-state index contributed by atoms with van der Waals surface area (Å²) >= 11 is 0. The molecule has 2 aromatic rings. The summed E-state index contributed by atoms with van der Waals surface area (Å²) in [7, 11) is 1.99. The molecule has 18 heavy (non-hydrogen) atoms. The van der Waals surface area contributed by atoms with Gasteiger partial charge in [0.05, 0.1) is 11.0 Å². The summed E-state index contributed by atoms with van der Waals surface area (Å²) in [5.41, 5.74) is 2.39. The number of nitrogens with zero attached hydrogens (tertiary/aromatic N) is 2. The van der Waals surface area contributed by atoms with Gasteiger partial charge in [-0.15, -0.1) is 0 Å². The van der Waals surface area contributed by atoms with Crippen molar-refractivity contribution in [1.29, 1.82) is 0 Å². The lowest BCUT2D eigenvalue weighted by molar-refractivity contribution is 0.510. The van der Waals surface area contributed by atoms with Crippen molar-refractivity contribution in [3.8, 4) is 0 Å². The molecule has 0 unspecified atom stereocenters. The van der Waals surface area contributed by atoms with Crippen LogP contribution in [0.5, 0.6) is 0 Å². The van der Waals surface area contributed by atoms with Crippen molar-refractivity contribution in [3.63, 3.8) is 0 Å². The molecule has 1 N–H and O–H groups in total. The molecule has 0 saturated heterocycles. The van der Waals surface area contributed by atoms with Crippen molar-refractivity contribution in [3.05, 3.63) is 30.1 Å². The van der Waals surface area contributed by atoms with Crippen LogP contribution in [0.4, 0.5) is 0 Å². The second-order valence-corrected chi connectivity index (χ2v) is 5.20. The Morgan fingerprint density at radius 2 is 2.06 bits per heavy atom. The maximum Gasteiger partial charge on any atom is 0.111 e. The van der Waals surface area contributed by atoms with Gasteiger partial charge in [0.15, 0.2) is 0 Å². The van der Waals surface area contributed by atoms with Crippen LogP contribution in [-0.4, -0.2) is 23.1 Å². The zero-order chi connectivity index (χ0) is 13.0. The van der Waals surface area contributed by atoms with E-state index in [0.29, 0.717) is 0 Å². The second kappa shape index (κ2) is 6.01. The molecule has 0 aliphatic heterocycles. The summed E-state index contributed by atoms with van der Waals surface area (Å²) in [6.45, 7) is 6.58. The molecule has 1 heterocycles. The number of aryl methyl sites for hydroxylation is 1. The Hall–Kier alpha value is -1.35. The van der Waals surface area contributed by atoms with Crippen LogP contribution in [0.1, 0.15) is 26.1 Å². The lowest BCUT2D eigenvalue weighted by Crippen LogP contribution is -2.14. The van der Waals surface area contributed by atoms with E-state index in [9.17, 15) is 0 Å². The highest BCUT2D eigenvalue weighted by Gasteiger charge is 2.09. The minimum absolute atomic E-state index is 0.725. The lowest BCUT2D eigenvalue weighted by Gasteiger charge is -2.10. The van der Waals surface area contributed by atoms with Crippen molar-refractivity contribution in [2.24, 2.45) is 5.92 Å². The smallest absolute Gasteiger partial charge is 0.111 e. The summed E-state index contributed by atoms with van der Waals surface area (Å²) in [5.74, 6) is 1.93. The Bertz CT molecular complexity index is 499. The fourth-order valence-corrected chi connectivity index (χ4v) is 2.19. The molecule has 0 bridgehead atoms. The van der Waals surface area contributed by atoms with Gasteiger partial charge in [-0.1, -0.05) is 26.0 Å². The summed E-state index contributed by atoms with van der Waals surface area (Å²) < 4.78 is 2.38. The maximum atomic E-state index is 4.75. The molecule has 2 rings (SSSR count). The average Bonchev–Trinajstić information content (AvgIpc) is 2.71. The van der Waals surface area contributed by atoms with E-state index in [1.807, 2.05) is 7.05 Å². The summed E-state index contributed by atoms with van der Waals surface area (Å²) in [4.78, 5) is 4.75. The van der Waals surface area contributed by atoms with Crippen LogP contribution >= 0.6 is 0 Å². The number of hydrogen-bond acceptors (Lipinski definition) is 2. The highest BCUT2D eigenvalue weighted by atomic mass is 15.1. The highest BCUT2D eigenvalue weighted by molar-refractivity contribution is 5.75. The van der Waals surface area contributed by atoms with E-state index >= 15 is 0 Å². The van der Waals surface area contributed by atoms with Crippen LogP contribution < -0.4 is 5.32 Å². The monoisotopic (exact) mass is 245 g/mol. The Morgan fingerprint density at radius 1 is 1.28 bits per heavy atom. The Kier molecular flexibility index (Phi) is 4.37. The molecule has 0 fully saturated rings. The minimum Gasteiger partial charge on any atom is -0.328 e. The van der Waals surface area contributed by atoms with E-state index in [0.717, 1.165) is 30.9 Å². The first-order valence-corrected chi connectivity index (χ1v) is 6.81. The van der Waals surface area contributed by atoms with E-state index < -0.39 is 0 Å². The number of rotatable bonds is 6. The molecular formula is C15H23N3. The number of fused-ring (bicyclic) bond motifs is 1. The molecule has 0 aliphatic carbocycles. The van der Waals surface area contributed by atoms with Gasteiger partial charge in [-0.2, -0.15) is 0 Å². The summed E-state index contributed by atoms with van der Waals surface area (Å²) in [6.07, 6.45) is 2.19. The standard InChI is InChI=1S/C15H23N3/c1-12(2)9-11-18-14-7-5-4-6-13(14)17-15(18)8-10-16-3/h4-7,12,16H,8-11H2,1-3H3. The van der Waals surface area contributed by atoms with Gasteiger partial charge in [0.1, 0.15) is 5.82 Å². The first kappa shape index (κ1) is 13.1. The molecule has 1 aromatic heterocycles. The van der Waals surface area contributed by atoms with Crippen LogP contribution in [0, 0.1) is 5.92 Å². The predicted molar refractivity (Wildman–Crippen MR) is 76.8 cm³/mol. The van der Waals surface area contributed by atoms with Gasteiger partial charge in [0, 0.05) is 19.5 Å². The van der Waals surface area contributed by atoms with Gasteiger partial charge >= 0.3 is 0 Å². The molecule has 0 aliphatic rings. The molecule has 0 amide bonds. The van der Waals surface area contributed by atoms with Crippen LogP contribution in [0.2, 0.25) is 0 Å². The Balaban J connectivity index is 2.31. The predicted octanol–water partition coefficient (Wildman–Crippen LogP) is 2.84. The van der Waals surface area contributed by atoms with Gasteiger partial charge in [-0.25, -0.2) is 4.98 Å². The number of benzene rings is 1. The van der Waals surface area contributed by atoms with Crippen molar-refractivity contribution in [2.75, 3.05) is 13.6 Å². The quantitative estimate of drug-likeness (QED) is 0.848. The highest BCUT2D eigenvalue weighted by Crippen LogP contribution is 2.18. The van der Waals surface area contributed by atoms with E-state index in [4.69, 9.17) is 4.98 Å². The molecule has 98 valence electrons. The molecule has 1 aromatic carbocycles.